The second-order valence-corrected chi connectivity index (χ2v) is 5.65. The number of rotatable bonds is 3. The molecule has 0 aliphatic carbocycles. The molecule has 5 nitrogen and oxygen atoms in total. The Kier molecular flexibility index (Phi) is 3.58. The zero-order valence-corrected chi connectivity index (χ0v) is 11.1. The van der Waals surface area contributed by atoms with Crippen molar-refractivity contribution in [1.82, 2.24) is 4.98 Å². The van der Waals surface area contributed by atoms with Gasteiger partial charge in [0.2, 0.25) is 0 Å². The number of nitrogens with zero attached hydrogens (tertiary/aromatic N) is 1. The molecule has 106 valence electrons. The molecule has 0 atom stereocenters. The smallest absolute Gasteiger partial charge is 0.266 e. The Labute approximate surface area is 114 Å². The van der Waals surface area contributed by atoms with Gasteiger partial charge >= 0.3 is 0 Å². The van der Waals surface area contributed by atoms with Crippen LogP contribution < -0.4 is 4.72 Å². The van der Waals surface area contributed by atoms with E-state index in [1.165, 1.54) is 12.1 Å². The molecule has 2 aromatic rings. The SMILES string of the molecule is Cc1ccc(O)c(NS(=O)(=O)c2ccc(F)cc2F)n1. The van der Waals surface area contributed by atoms with Gasteiger partial charge in [0.15, 0.2) is 11.6 Å². The van der Waals surface area contributed by atoms with E-state index in [2.05, 4.69) is 4.98 Å². The summed E-state index contributed by atoms with van der Waals surface area (Å²) in [5.74, 6) is -2.85. The predicted octanol–water partition coefficient (Wildman–Crippen LogP) is 2.17. The van der Waals surface area contributed by atoms with Crippen molar-refractivity contribution in [1.29, 1.82) is 0 Å². The van der Waals surface area contributed by atoms with E-state index in [0.29, 0.717) is 11.8 Å². The van der Waals surface area contributed by atoms with Gasteiger partial charge in [-0.05, 0) is 31.2 Å². The van der Waals surface area contributed by atoms with Gasteiger partial charge in [0.1, 0.15) is 16.5 Å². The fourth-order valence-electron chi connectivity index (χ4n) is 1.50. The van der Waals surface area contributed by atoms with Crippen LogP contribution in [0.25, 0.3) is 0 Å². The Hall–Kier alpha value is -2.22. The van der Waals surface area contributed by atoms with Crippen LogP contribution in [-0.4, -0.2) is 18.5 Å². The van der Waals surface area contributed by atoms with Crippen molar-refractivity contribution in [3.63, 3.8) is 0 Å². The van der Waals surface area contributed by atoms with Gasteiger partial charge in [0.05, 0.1) is 0 Å². The van der Waals surface area contributed by atoms with Crippen molar-refractivity contribution in [3.05, 3.63) is 47.7 Å². The molecule has 0 aliphatic rings. The van der Waals surface area contributed by atoms with Gasteiger partial charge < -0.3 is 5.11 Å². The third-order valence-electron chi connectivity index (χ3n) is 2.43. The molecule has 0 aliphatic heterocycles. The fraction of sp³-hybridized carbons (Fsp3) is 0.0833. The highest BCUT2D eigenvalue weighted by Crippen LogP contribution is 2.24. The zero-order chi connectivity index (χ0) is 14.9. The van der Waals surface area contributed by atoms with E-state index in [1.54, 1.807) is 6.92 Å². The van der Waals surface area contributed by atoms with E-state index in [4.69, 9.17) is 0 Å². The number of aromatic hydroxyl groups is 1. The largest absolute Gasteiger partial charge is 0.504 e. The molecule has 0 radical (unpaired) electrons. The Bertz CT molecular complexity index is 763. The van der Waals surface area contributed by atoms with E-state index in [9.17, 15) is 22.3 Å². The van der Waals surface area contributed by atoms with Crippen molar-refractivity contribution >= 4 is 15.8 Å². The average molecular weight is 300 g/mol. The van der Waals surface area contributed by atoms with E-state index in [-0.39, 0.29) is 5.82 Å². The van der Waals surface area contributed by atoms with E-state index in [0.717, 1.165) is 12.1 Å². The summed E-state index contributed by atoms with van der Waals surface area (Å²) >= 11 is 0. The number of hydrogen-bond donors (Lipinski definition) is 2. The van der Waals surface area contributed by atoms with Gasteiger partial charge in [0, 0.05) is 11.8 Å². The molecule has 2 N–H and O–H groups in total. The third-order valence-corrected chi connectivity index (χ3v) is 3.80. The molecular formula is C12H10F2N2O3S. The van der Waals surface area contributed by atoms with Crippen LogP contribution in [0.4, 0.5) is 14.6 Å². The highest BCUT2D eigenvalue weighted by Gasteiger charge is 2.21. The molecule has 2 rings (SSSR count). The molecule has 0 bridgehead atoms. The van der Waals surface area contributed by atoms with Crippen LogP contribution in [0, 0.1) is 18.6 Å². The van der Waals surface area contributed by atoms with Gasteiger partial charge in [-0.2, -0.15) is 0 Å². The molecule has 0 fully saturated rings. The zero-order valence-electron chi connectivity index (χ0n) is 10.3. The molecule has 0 spiro atoms. The average Bonchev–Trinajstić information content (AvgIpc) is 2.33. The molecule has 0 saturated heterocycles. The number of aromatic nitrogens is 1. The summed E-state index contributed by atoms with van der Waals surface area (Å²) in [5.41, 5.74) is 0.458. The molecule has 1 heterocycles. The normalized spacial score (nSPS) is 11.3. The minimum absolute atomic E-state index is 0.325. The highest BCUT2D eigenvalue weighted by molar-refractivity contribution is 7.92. The number of pyridine rings is 1. The summed E-state index contributed by atoms with van der Waals surface area (Å²) < 4.78 is 52.2. The Morgan fingerprint density at radius 3 is 2.55 bits per heavy atom. The first kappa shape index (κ1) is 14.2. The third kappa shape index (κ3) is 2.85. The molecular weight excluding hydrogens is 290 g/mol. The monoisotopic (exact) mass is 300 g/mol. The van der Waals surface area contributed by atoms with E-state index in [1.807, 2.05) is 4.72 Å². The predicted molar refractivity (Wildman–Crippen MR) is 67.8 cm³/mol. The topological polar surface area (TPSA) is 79.3 Å². The van der Waals surface area contributed by atoms with E-state index < -0.39 is 32.3 Å². The molecule has 20 heavy (non-hydrogen) atoms. The molecule has 1 aromatic heterocycles. The lowest BCUT2D eigenvalue weighted by atomic mass is 10.3. The second kappa shape index (κ2) is 5.04. The lowest BCUT2D eigenvalue weighted by Crippen LogP contribution is -2.16. The number of halogens is 2. The van der Waals surface area contributed by atoms with Crippen LogP contribution in [0.3, 0.4) is 0 Å². The lowest BCUT2D eigenvalue weighted by Gasteiger charge is -2.10. The van der Waals surface area contributed by atoms with Gasteiger partial charge in [0.25, 0.3) is 10.0 Å². The fourth-order valence-corrected chi connectivity index (χ4v) is 2.58. The van der Waals surface area contributed by atoms with Crippen LogP contribution >= 0.6 is 0 Å². The van der Waals surface area contributed by atoms with Gasteiger partial charge in [-0.1, -0.05) is 0 Å². The Balaban J connectivity index is 2.43. The number of aryl methyl sites for hydroxylation is 1. The van der Waals surface area contributed by atoms with E-state index >= 15 is 0 Å². The number of nitrogens with one attached hydrogen (secondary N) is 1. The van der Waals surface area contributed by atoms with Crippen LogP contribution in [0.5, 0.6) is 5.75 Å². The van der Waals surface area contributed by atoms with Gasteiger partial charge in [-0.15, -0.1) is 0 Å². The van der Waals surface area contributed by atoms with Crippen LogP contribution in [0.1, 0.15) is 5.69 Å². The van der Waals surface area contributed by atoms with Crippen LogP contribution in [0.2, 0.25) is 0 Å². The lowest BCUT2D eigenvalue weighted by molar-refractivity contribution is 0.475. The van der Waals surface area contributed by atoms with Crippen molar-refractivity contribution < 1.29 is 22.3 Å². The summed E-state index contributed by atoms with van der Waals surface area (Å²) in [4.78, 5) is 3.06. The van der Waals surface area contributed by atoms with Crippen LogP contribution in [-0.2, 0) is 10.0 Å². The summed E-state index contributed by atoms with van der Waals surface area (Å²) in [5, 5.41) is 9.52. The summed E-state index contributed by atoms with van der Waals surface area (Å²) in [6.45, 7) is 1.59. The quantitative estimate of drug-likeness (QED) is 0.910. The molecule has 0 unspecified atom stereocenters. The highest BCUT2D eigenvalue weighted by atomic mass is 32.2. The molecule has 0 amide bonds. The molecule has 8 heteroatoms. The van der Waals surface area contributed by atoms with Crippen molar-refractivity contribution in [3.8, 4) is 5.75 Å². The van der Waals surface area contributed by atoms with Crippen molar-refractivity contribution in [2.45, 2.75) is 11.8 Å². The standard InChI is InChI=1S/C12H10F2N2O3S/c1-7-2-4-10(17)12(15-7)16-20(18,19)11-5-3-8(13)6-9(11)14/h2-6,17H,1H3,(H,15,16). The molecule has 1 aromatic carbocycles. The minimum atomic E-state index is -4.31. The number of anilines is 1. The first-order valence-corrected chi connectivity index (χ1v) is 6.92. The van der Waals surface area contributed by atoms with Crippen LogP contribution in [0.15, 0.2) is 35.2 Å². The minimum Gasteiger partial charge on any atom is -0.504 e. The molecule has 0 saturated carbocycles. The maximum absolute atomic E-state index is 13.5. The summed E-state index contributed by atoms with van der Waals surface area (Å²) in [6, 6.07) is 4.80. The van der Waals surface area contributed by atoms with Gasteiger partial charge in [-0.3, -0.25) is 4.72 Å². The first-order valence-electron chi connectivity index (χ1n) is 5.44. The second-order valence-electron chi connectivity index (χ2n) is 4.00. The van der Waals surface area contributed by atoms with Crippen molar-refractivity contribution in [2.24, 2.45) is 0 Å². The summed E-state index contributed by atoms with van der Waals surface area (Å²) in [7, 11) is -4.31. The van der Waals surface area contributed by atoms with Gasteiger partial charge in [-0.25, -0.2) is 22.2 Å². The maximum Gasteiger partial charge on any atom is 0.266 e. The maximum atomic E-state index is 13.5. The summed E-state index contributed by atoms with van der Waals surface area (Å²) in [6.07, 6.45) is 0. The number of hydrogen-bond acceptors (Lipinski definition) is 4. The first-order chi connectivity index (χ1) is 9.29. The number of benzene rings is 1. The Morgan fingerprint density at radius 2 is 1.90 bits per heavy atom. The number of sulfonamides is 1. The van der Waals surface area contributed by atoms with Crippen molar-refractivity contribution in [2.75, 3.05) is 4.72 Å². The Morgan fingerprint density at radius 1 is 1.20 bits per heavy atom.